The summed E-state index contributed by atoms with van der Waals surface area (Å²) in [6, 6.07) is 55.5. The van der Waals surface area contributed by atoms with E-state index < -0.39 is 0 Å². The molecule has 0 saturated heterocycles. The maximum absolute atomic E-state index is 5.36. The third-order valence-corrected chi connectivity index (χ3v) is 12.4. The molecule has 0 N–H and O–H groups in total. The third kappa shape index (κ3) is 5.35. The smallest absolute Gasteiger partial charge is 0.0973 e. The lowest BCUT2D eigenvalue weighted by Crippen LogP contribution is -2.03. The Kier molecular flexibility index (Phi) is 8.06. The van der Waals surface area contributed by atoms with Crippen molar-refractivity contribution in [3.05, 3.63) is 205 Å². The van der Waals surface area contributed by atoms with Gasteiger partial charge in [-0.2, -0.15) is 0 Å². The standard InChI is InChI=1S/C56H41N3/c1-5-16-34(3)42(6-2)53-35(4)57-54(55(58-53)37-18-8-7-9-19-37)38-25-28-41(29-26-38)59-50-32-40-21-11-10-20-39(40)31-48(50)52-45-24-15-14-23-44(45)51-46-30-27-36-17-12-13-22-43(36)47(46)33-49(51)56(52)59/h5-32H,2,33H2,1,3-4H3/b16-5-,42-34+. The van der Waals surface area contributed by atoms with Crippen molar-refractivity contribution in [2.24, 2.45) is 0 Å². The largest absolute Gasteiger partial charge is 0.309 e. The van der Waals surface area contributed by atoms with Gasteiger partial charge in [-0.3, -0.25) is 0 Å². The molecule has 0 aliphatic heterocycles. The first-order chi connectivity index (χ1) is 29.0. The highest BCUT2D eigenvalue weighted by atomic mass is 15.0. The fourth-order valence-corrected chi connectivity index (χ4v) is 9.74. The van der Waals surface area contributed by atoms with Gasteiger partial charge in [-0.25, -0.2) is 9.97 Å². The molecule has 3 heteroatoms. The van der Waals surface area contributed by atoms with E-state index >= 15 is 0 Å². The number of aryl methyl sites for hydroxylation is 1. The third-order valence-electron chi connectivity index (χ3n) is 12.4. The van der Waals surface area contributed by atoms with E-state index in [-0.39, 0.29) is 0 Å². The molecule has 0 saturated carbocycles. The normalized spacial score (nSPS) is 12.9. The lowest BCUT2D eigenvalue weighted by atomic mass is 9.93. The number of hydrogen-bond acceptors (Lipinski definition) is 2. The Hall–Kier alpha value is -7.36. The Bertz CT molecular complexity index is 3430. The van der Waals surface area contributed by atoms with Crippen molar-refractivity contribution in [3.8, 4) is 39.3 Å². The number of allylic oxidation sites excluding steroid dienone is 5. The van der Waals surface area contributed by atoms with Crippen molar-refractivity contribution >= 4 is 59.7 Å². The van der Waals surface area contributed by atoms with Crippen LogP contribution < -0.4 is 0 Å². The number of hydrogen-bond donors (Lipinski definition) is 0. The van der Waals surface area contributed by atoms with Crippen LogP contribution in [0.25, 0.3) is 99.0 Å². The summed E-state index contributed by atoms with van der Waals surface area (Å²) >= 11 is 0. The second-order valence-electron chi connectivity index (χ2n) is 15.7. The van der Waals surface area contributed by atoms with Gasteiger partial charge in [-0.05, 0) is 105 Å². The molecule has 280 valence electrons. The highest BCUT2D eigenvalue weighted by Crippen LogP contribution is 2.51. The van der Waals surface area contributed by atoms with Gasteiger partial charge in [-0.15, -0.1) is 0 Å². The minimum Gasteiger partial charge on any atom is -0.309 e. The topological polar surface area (TPSA) is 30.7 Å². The molecule has 0 unspecified atom stereocenters. The van der Waals surface area contributed by atoms with E-state index in [0.717, 1.165) is 57.2 Å². The van der Waals surface area contributed by atoms with Crippen molar-refractivity contribution in [1.82, 2.24) is 14.5 Å². The zero-order valence-electron chi connectivity index (χ0n) is 33.4. The van der Waals surface area contributed by atoms with Crippen LogP contribution in [0.4, 0.5) is 0 Å². The molecule has 0 amide bonds. The van der Waals surface area contributed by atoms with E-state index in [9.17, 15) is 0 Å². The fraction of sp³-hybridized carbons (Fsp3) is 0.0714. The van der Waals surface area contributed by atoms with E-state index in [1.807, 2.05) is 25.1 Å². The number of rotatable bonds is 6. The van der Waals surface area contributed by atoms with Crippen LogP contribution in [0.1, 0.15) is 36.4 Å². The van der Waals surface area contributed by atoms with Gasteiger partial charge >= 0.3 is 0 Å². The summed E-state index contributed by atoms with van der Waals surface area (Å²) in [5, 5.41) is 10.3. The predicted molar refractivity (Wildman–Crippen MR) is 250 cm³/mol. The van der Waals surface area contributed by atoms with E-state index in [0.29, 0.717) is 0 Å². The Morgan fingerprint density at radius 2 is 1.27 bits per heavy atom. The summed E-state index contributed by atoms with van der Waals surface area (Å²) in [7, 11) is 0. The summed E-state index contributed by atoms with van der Waals surface area (Å²) in [4.78, 5) is 10.7. The Labute approximate surface area is 344 Å². The zero-order valence-corrected chi connectivity index (χ0v) is 33.4. The first-order valence-corrected chi connectivity index (χ1v) is 20.4. The maximum atomic E-state index is 5.36. The van der Waals surface area contributed by atoms with Crippen molar-refractivity contribution < 1.29 is 0 Å². The van der Waals surface area contributed by atoms with E-state index in [1.165, 1.54) is 76.4 Å². The molecule has 1 aliphatic carbocycles. The molecule has 10 aromatic rings. The summed E-state index contributed by atoms with van der Waals surface area (Å²) in [5.41, 5.74) is 16.7. The lowest BCUT2D eigenvalue weighted by Gasteiger charge is -2.16. The number of fused-ring (bicyclic) bond motifs is 13. The van der Waals surface area contributed by atoms with E-state index in [4.69, 9.17) is 9.97 Å². The molecule has 0 fully saturated rings. The summed E-state index contributed by atoms with van der Waals surface area (Å²) in [5.74, 6) is 0. The van der Waals surface area contributed by atoms with Crippen LogP contribution in [-0.2, 0) is 6.42 Å². The molecule has 2 aromatic heterocycles. The quantitative estimate of drug-likeness (QED) is 0.158. The predicted octanol–water partition coefficient (Wildman–Crippen LogP) is 14.8. The first-order valence-electron chi connectivity index (χ1n) is 20.4. The molecule has 1 aliphatic rings. The second kappa shape index (κ2) is 13.6. The van der Waals surface area contributed by atoms with Gasteiger partial charge in [0.1, 0.15) is 0 Å². The van der Waals surface area contributed by atoms with Gasteiger partial charge in [-0.1, -0.05) is 152 Å². The molecule has 11 rings (SSSR count). The number of nitrogens with zero attached hydrogens (tertiary/aromatic N) is 3. The SMILES string of the molecule is C=C/C(=C(C)\C=C/C)c1nc(-c2ccccc2)c(-c2ccc(-n3c4cc5ccccc5cc4c4c5ccccc5c5c(c43)Cc3c-5ccc4ccccc34)cc2)nc1C. The average Bonchev–Trinajstić information content (AvgIpc) is 3.84. The maximum Gasteiger partial charge on any atom is 0.0973 e. The molecular formula is C56H41N3. The highest BCUT2D eigenvalue weighted by Gasteiger charge is 2.29. The molecule has 0 atom stereocenters. The van der Waals surface area contributed by atoms with Gasteiger partial charge < -0.3 is 4.57 Å². The second-order valence-corrected chi connectivity index (χ2v) is 15.7. The number of benzene rings is 8. The molecule has 0 radical (unpaired) electrons. The van der Waals surface area contributed by atoms with E-state index in [1.54, 1.807) is 0 Å². The molecule has 0 bridgehead atoms. The Morgan fingerprint density at radius 1 is 0.627 bits per heavy atom. The molecule has 59 heavy (non-hydrogen) atoms. The molecule has 8 aromatic carbocycles. The molecule has 0 spiro atoms. The van der Waals surface area contributed by atoms with Crippen molar-refractivity contribution in [2.75, 3.05) is 0 Å². The minimum absolute atomic E-state index is 0.849. The first kappa shape index (κ1) is 34.9. The lowest BCUT2D eigenvalue weighted by molar-refractivity contribution is 1.10. The Morgan fingerprint density at radius 3 is 2.02 bits per heavy atom. The summed E-state index contributed by atoms with van der Waals surface area (Å²) in [6.07, 6.45) is 6.92. The van der Waals surface area contributed by atoms with Gasteiger partial charge in [0.2, 0.25) is 0 Å². The molecule has 3 nitrogen and oxygen atoms in total. The summed E-state index contributed by atoms with van der Waals surface area (Å²) < 4.78 is 2.53. The molecule has 2 heterocycles. The molecular weight excluding hydrogens is 715 g/mol. The zero-order chi connectivity index (χ0) is 39.8. The van der Waals surface area contributed by atoms with Crippen molar-refractivity contribution in [2.45, 2.75) is 27.2 Å². The fourth-order valence-electron chi connectivity index (χ4n) is 9.74. The van der Waals surface area contributed by atoms with Gasteiger partial charge in [0.05, 0.1) is 33.8 Å². The highest BCUT2D eigenvalue weighted by molar-refractivity contribution is 6.28. The average molecular weight is 756 g/mol. The van der Waals surface area contributed by atoms with Gasteiger partial charge in [0.15, 0.2) is 0 Å². The van der Waals surface area contributed by atoms with Crippen LogP contribution in [0, 0.1) is 6.92 Å². The van der Waals surface area contributed by atoms with E-state index in [2.05, 4.69) is 177 Å². The van der Waals surface area contributed by atoms with Crippen LogP contribution in [0.15, 0.2) is 182 Å². The van der Waals surface area contributed by atoms with Crippen LogP contribution in [0.5, 0.6) is 0 Å². The minimum atomic E-state index is 0.849. The van der Waals surface area contributed by atoms with Crippen LogP contribution in [-0.4, -0.2) is 14.5 Å². The van der Waals surface area contributed by atoms with Crippen molar-refractivity contribution in [1.29, 1.82) is 0 Å². The monoisotopic (exact) mass is 755 g/mol. The van der Waals surface area contributed by atoms with Crippen LogP contribution in [0.3, 0.4) is 0 Å². The van der Waals surface area contributed by atoms with Crippen molar-refractivity contribution in [3.63, 3.8) is 0 Å². The van der Waals surface area contributed by atoms with Gasteiger partial charge in [0, 0.05) is 39.6 Å². The Balaban J connectivity index is 1.18. The van der Waals surface area contributed by atoms with Crippen LogP contribution in [0.2, 0.25) is 0 Å². The van der Waals surface area contributed by atoms with Crippen LogP contribution >= 0.6 is 0 Å². The summed E-state index contributed by atoms with van der Waals surface area (Å²) in [6.45, 7) is 10.3. The number of aromatic nitrogens is 3. The van der Waals surface area contributed by atoms with Gasteiger partial charge in [0.25, 0.3) is 0 Å².